The number of alkyl halides is 2. The first kappa shape index (κ1) is 17.3. The molecule has 5 heteroatoms. The van der Waals surface area contributed by atoms with E-state index in [1.807, 2.05) is 18.2 Å². The maximum absolute atomic E-state index is 12.1. The molecule has 0 spiro atoms. The van der Waals surface area contributed by atoms with Gasteiger partial charge in [0.05, 0.1) is 5.69 Å². The minimum Gasteiger partial charge on any atom is -0.342 e. The summed E-state index contributed by atoms with van der Waals surface area (Å²) in [7, 11) is 0. The largest absolute Gasteiger partial charge is 0.342 e. The van der Waals surface area contributed by atoms with E-state index in [0.29, 0.717) is 0 Å². The number of amides is 1. The number of para-hydroxylation sites is 1. The lowest BCUT2D eigenvalue weighted by Gasteiger charge is -2.27. The number of ether oxygens (including phenoxy) is 1. The van der Waals surface area contributed by atoms with Crippen molar-refractivity contribution in [2.75, 3.05) is 17.5 Å². The van der Waals surface area contributed by atoms with Crippen LogP contribution in [-0.2, 0) is 22.4 Å². The van der Waals surface area contributed by atoms with Crippen LogP contribution in [0.1, 0.15) is 31.9 Å². The summed E-state index contributed by atoms with van der Waals surface area (Å²) in [5.41, 5.74) is 2.65. The molecule has 0 bridgehead atoms. The second-order valence-electron chi connectivity index (χ2n) is 4.43. The molecule has 1 rings (SSSR count). The van der Waals surface area contributed by atoms with Crippen LogP contribution >= 0.6 is 23.2 Å². The summed E-state index contributed by atoms with van der Waals surface area (Å²) in [6.45, 7) is 5.96. The molecule has 1 atom stereocenters. The molecule has 0 heterocycles. The highest BCUT2D eigenvalue weighted by Crippen LogP contribution is 2.27. The van der Waals surface area contributed by atoms with E-state index in [-0.39, 0.29) is 18.5 Å². The summed E-state index contributed by atoms with van der Waals surface area (Å²) >= 11 is 11.5. The van der Waals surface area contributed by atoms with Crippen molar-refractivity contribution in [2.24, 2.45) is 0 Å². The molecule has 20 heavy (non-hydrogen) atoms. The van der Waals surface area contributed by atoms with E-state index in [1.165, 1.54) is 0 Å². The van der Waals surface area contributed by atoms with Crippen molar-refractivity contribution in [3.8, 4) is 0 Å². The van der Waals surface area contributed by atoms with Crippen molar-refractivity contribution in [2.45, 2.75) is 39.2 Å². The van der Waals surface area contributed by atoms with Gasteiger partial charge in [0.2, 0.25) is 5.91 Å². The third-order valence-corrected chi connectivity index (χ3v) is 3.44. The van der Waals surface area contributed by atoms with Crippen LogP contribution in [0.4, 0.5) is 5.69 Å². The molecule has 0 aromatic heterocycles. The van der Waals surface area contributed by atoms with Crippen LogP contribution in [0.2, 0.25) is 0 Å². The minimum atomic E-state index is -0.459. The van der Waals surface area contributed by atoms with Gasteiger partial charge in [0.1, 0.15) is 18.2 Å². The number of carbonyl (C=O) groups excluding carboxylic acids is 1. The zero-order valence-electron chi connectivity index (χ0n) is 12.2. The van der Waals surface area contributed by atoms with Gasteiger partial charge in [0.25, 0.3) is 0 Å². The summed E-state index contributed by atoms with van der Waals surface area (Å²) in [5, 5.41) is 0. The first-order valence-corrected chi connectivity index (χ1v) is 7.74. The Bertz CT molecular complexity index is 427. The highest BCUT2D eigenvalue weighted by molar-refractivity contribution is 6.29. The highest BCUT2D eigenvalue weighted by atomic mass is 35.5. The smallest absolute Gasteiger partial charge is 0.243 e. The van der Waals surface area contributed by atoms with Crippen molar-refractivity contribution in [1.29, 1.82) is 0 Å². The lowest BCUT2D eigenvalue weighted by Crippen LogP contribution is -2.36. The van der Waals surface area contributed by atoms with E-state index in [9.17, 15) is 4.79 Å². The summed E-state index contributed by atoms with van der Waals surface area (Å²) < 4.78 is 5.39. The molecule has 1 amide bonds. The van der Waals surface area contributed by atoms with Crippen LogP contribution in [0, 0.1) is 0 Å². The molecule has 0 aliphatic rings. The molecule has 0 radical (unpaired) electrons. The van der Waals surface area contributed by atoms with Crippen molar-refractivity contribution >= 4 is 34.8 Å². The average molecular weight is 318 g/mol. The Morgan fingerprint density at radius 3 is 2.25 bits per heavy atom. The van der Waals surface area contributed by atoms with E-state index in [0.717, 1.165) is 29.7 Å². The molecular weight excluding hydrogens is 297 g/mol. The van der Waals surface area contributed by atoms with Gasteiger partial charge in [-0.2, -0.15) is 0 Å². The Labute approximate surface area is 130 Å². The van der Waals surface area contributed by atoms with Gasteiger partial charge in [0.15, 0.2) is 0 Å². The van der Waals surface area contributed by atoms with Gasteiger partial charge in [-0.25, -0.2) is 0 Å². The lowest BCUT2D eigenvalue weighted by molar-refractivity contribution is -0.117. The Balaban J connectivity index is 3.20. The SMILES string of the molecule is CCc1cccc(CC)c1N(COC(C)Cl)C(=O)CCl. The second kappa shape index (κ2) is 8.50. The van der Waals surface area contributed by atoms with Crippen molar-refractivity contribution < 1.29 is 9.53 Å². The van der Waals surface area contributed by atoms with E-state index >= 15 is 0 Å². The van der Waals surface area contributed by atoms with E-state index < -0.39 is 5.56 Å². The molecule has 1 unspecified atom stereocenters. The van der Waals surface area contributed by atoms with Crippen molar-refractivity contribution in [3.05, 3.63) is 29.3 Å². The van der Waals surface area contributed by atoms with Crippen LogP contribution in [0.25, 0.3) is 0 Å². The highest BCUT2D eigenvalue weighted by Gasteiger charge is 2.20. The Morgan fingerprint density at radius 2 is 1.85 bits per heavy atom. The van der Waals surface area contributed by atoms with Crippen LogP contribution in [0.15, 0.2) is 18.2 Å². The lowest BCUT2D eigenvalue weighted by atomic mass is 10.0. The van der Waals surface area contributed by atoms with Gasteiger partial charge in [0, 0.05) is 0 Å². The third-order valence-electron chi connectivity index (χ3n) is 3.08. The first-order valence-electron chi connectivity index (χ1n) is 6.77. The fourth-order valence-electron chi connectivity index (χ4n) is 2.07. The van der Waals surface area contributed by atoms with Crippen LogP contribution in [-0.4, -0.2) is 24.1 Å². The van der Waals surface area contributed by atoms with Crippen molar-refractivity contribution in [3.63, 3.8) is 0 Å². The Kier molecular flexibility index (Phi) is 7.35. The number of carbonyl (C=O) groups is 1. The maximum Gasteiger partial charge on any atom is 0.243 e. The molecule has 1 aromatic carbocycles. The number of benzene rings is 1. The molecule has 112 valence electrons. The van der Waals surface area contributed by atoms with Gasteiger partial charge in [-0.1, -0.05) is 43.6 Å². The Hall–Kier alpha value is -0.770. The molecular formula is C15H21Cl2NO2. The van der Waals surface area contributed by atoms with Gasteiger partial charge in [-0.05, 0) is 30.9 Å². The fourth-order valence-corrected chi connectivity index (χ4v) is 2.27. The van der Waals surface area contributed by atoms with E-state index in [1.54, 1.807) is 11.8 Å². The summed E-state index contributed by atoms with van der Waals surface area (Å²) in [6.07, 6.45) is 1.68. The summed E-state index contributed by atoms with van der Waals surface area (Å²) in [4.78, 5) is 13.7. The number of rotatable bonds is 7. The third kappa shape index (κ3) is 4.37. The topological polar surface area (TPSA) is 29.5 Å². The van der Waals surface area contributed by atoms with Crippen LogP contribution in [0.5, 0.6) is 0 Å². The molecule has 0 aliphatic carbocycles. The molecule has 0 fully saturated rings. The monoisotopic (exact) mass is 317 g/mol. The molecule has 0 saturated heterocycles. The number of hydrogen-bond acceptors (Lipinski definition) is 2. The number of halogens is 2. The van der Waals surface area contributed by atoms with Gasteiger partial charge >= 0.3 is 0 Å². The molecule has 0 aliphatic heterocycles. The summed E-state index contributed by atoms with van der Waals surface area (Å²) in [5.74, 6) is -0.263. The average Bonchev–Trinajstić information content (AvgIpc) is 2.46. The van der Waals surface area contributed by atoms with Gasteiger partial charge in [-0.15, -0.1) is 11.6 Å². The maximum atomic E-state index is 12.1. The molecule has 0 N–H and O–H groups in total. The summed E-state index contributed by atoms with van der Waals surface area (Å²) in [6, 6.07) is 6.05. The number of nitrogens with zero attached hydrogens (tertiary/aromatic N) is 1. The second-order valence-corrected chi connectivity index (χ2v) is 5.31. The number of anilines is 1. The van der Waals surface area contributed by atoms with Gasteiger partial charge < -0.3 is 4.74 Å². The molecule has 1 aromatic rings. The zero-order valence-corrected chi connectivity index (χ0v) is 13.7. The van der Waals surface area contributed by atoms with E-state index in [2.05, 4.69) is 13.8 Å². The first-order chi connectivity index (χ1) is 9.54. The zero-order chi connectivity index (χ0) is 15.1. The minimum absolute atomic E-state index is 0.0821. The predicted molar refractivity (Wildman–Crippen MR) is 84.7 cm³/mol. The molecule has 0 saturated carbocycles. The number of aryl methyl sites for hydroxylation is 2. The predicted octanol–water partition coefficient (Wildman–Crippen LogP) is 3.94. The molecule has 3 nitrogen and oxygen atoms in total. The normalized spacial score (nSPS) is 12.2. The quantitative estimate of drug-likeness (QED) is 0.563. The van der Waals surface area contributed by atoms with E-state index in [4.69, 9.17) is 27.9 Å². The van der Waals surface area contributed by atoms with Crippen LogP contribution in [0.3, 0.4) is 0 Å². The van der Waals surface area contributed by atoms with Gasteiger partial charge in [-0.3, -0.25) is 9.69 Å². The van der Waals surface area contributed by atoms with Crippen molar-refractivity contribution in [1.82, 2.24) is 0 Å². The standard InChI is InChI=1S/C15H21Cl2NO2/c1-4-12-7-6-8-13(5-2)15(12)18(14(19)9-16)10-20-11(3)17/h6-8,11H,4-5,9-10H2,1-3H3. The Morgan fingerprint density at radius 1 is 1.30 bits per heavy atom. The number of hydrogen-bond donors (Lipinski definition) is 0. The fraction of sp³-hybridized carbons (Fsp3) is 0.533. The van der Waals surface area contributed by atoms with Crippen LogP contribution < -0.4 is 4.90 Å².